The molecule has 0 saturated carbocycles. The van der Waals surface area contributed by atoms with Crippen molar-refractivity contribution in [3.63, 3.8) is 0 Å². The van der Waals surface area contributed by atoms with Crippen molar-refractivity contribution < 1.29 is 4.39 Å². The number of aryl methyl sites for hydroxylation is 1. The number of hydrogen-bond donors (Lipinski definition) is 4. The smallest absolute Gasteiger partial charge is 0.189 e. The first kappa shape index (κ1) is 20.6. The molecule has 1 aromatic carbocycles. The summed E-state index contributed by atoms with van der Waals surface area (Å²) in [7, 11) is 0. The Hall–Kier alpha value is -1.47. The maximum atomic E-state index is 13.5. The number of benzene rings is 1. The van der Waals surface area contributed by atoms with E-state index in [2.05, 4.69) is 35.3 Å². The zero-order valence-electron chi connectivity index (χ0n) is 14.5. The Kier molecular flexibility index (Phi) is 9.56. The number of rotatable bonds is 7. The van der Waals surface area contributed by atoms with Crippen molar-refractivity contribution in [2.75, 3.05) is 11.9 Å². The molecule has 0 aromatic heterocycles. The average molecular weight is 371 g/mol. The topological polar surface area (TPSA) is 48.1 Å². The van der Waals surface area contributed by atoms with Crippen LogP contribution in [0.5, 0.6) is 0 Å². The summed E-state index contributed by atoms with van der Waals surface area (Å²) in [5, 5.41) is 6.85. The molecule has 0 amide bonds. The molecular formula is C17H27FN4S2. The molecule has 0 aliphatic heterocycles. The second-order valence-corrected chi connectivity index (χ2v) is 6.80. The van der Waals surface area contributed by atoms with Crippen LogP contribution in [0, 0.1) is 18.7 Å². The molecule has 0 radical (unpaired) electrons. The van der Waals surface area contributed by atoms with E-state index in [-0.39, 0.29) is 5.82 Å². The van der Waals surface area contributed by atoms with Crippen LogP contribution in [0.2, 0.25) is 0 Å². The van der Waals surface area contributed by atoms with Crippen LogP contribution in [-0.2, 0) is 0 Å². The van der Waals surface area contributed by atoms with Gasteiger partial charge in [-0.15, -0.1) is 0 Å². The van der Waals surface area contributed by atoms with Gasteiger partial charge in [-0.2, -0.15) is 0 Å². The van der Waals surface area contributed by atoms with Crippen LogP contribution in [0.25, 0.3) is 0 Å². The zero-order chi connectivity index (χ0) is 17.9. The van der Waals surface area contributed by atoms with Gasteiger partial charge in [-0.3, -0.25) is 10.9 Å². The molecular weight excluding hydrogens is 343 g/mol. The number of hydrogen-bond acceptors (Lipinski definition) is 2. The number of unbranched alkanes of at least 4 members (excludes halogenated alkanes) is 2. The van der Waals surface area contributed by atoms with Crippen LogP contribution in [0.1, 0.15) is 45.1 Å². The van der Waals surface area contributed by atoms with Crippen molar-refractivity contribution in [3.05, 3.63) is 29.6 Å². The molecule has 134 valence electrons. The molecule has 4 N–H and O–H groups in total. The fraction of sp³-hybridized carbons (Fsp3) is 0.529. The molecule has 0 saturated heterocycles. The third-order valence-electron chi connectivity index (χ3n) is 3.63. The first-order valence-electron chi connectivity index (χ1n) is 8.29. The van der Waals surface area contributed by atoms with Gasteiger partial charge in [-0.05, 0) is 61.4 Å². The van der Waals surface area contributed by atoms with Crippen molar-refractivity contribution in [2.24, 2.45) is 5.92 Å². The van der Waals surface area contributed by atoms with E-state index >= 15 is 0 Å². The predicted molar refractivity (Wildman–Crippen MR) is 108 cm³/mol. The summed E-state index contributed by atoms with van der Waals surface area (Å²) in [5.74, 6) is 0.293. The standard InChI is InChI=1S/C17H27FN4S2/c1-4-5-6-7-12(2)11-19-16(23)21-22-17(24)20-14-9-8-13(3)15(18)10-14/h8-10,12H,4-7,11H2,1-3H3,(H2,19,21,23)(H2,20,22,24)/t12-/m0/s1. The normalized spacial score (nSPS) is 11.5. The minimum absolute atomic E-state index is 0.273. The van der Waals surface area contributed by atoms with Gasteiger partial charge in [0, 0.05) is 12.2 Å². The van der Waals surface area contributed by atoms with Crippen LogP contribution in [0.4, 0.5) is 10.1 Å². The lowest BCUT2D eigenvalue weighted by Gasteiger charge is -2.17. The summed E-state index contributed by atoms with van der Waals surface area (Å²) in [6.45, 7) is 6.94. The summed E-state index contributed by atoms with van der Waals surface area (Å²) >= 11 is 10.3. The Morgan fingerprint density at radius 3 is 2.54 bits per heavy atom. The van der Waals surface area contributed by atoms with Crippen molar-refractivity contribution in [1.82, 2.24) is 16.2 Å². The molecule has 0 unspecified atom stereocenters. The van der Waals surface area contributed by atoms with E-state index in [0.29, 0.717) is 27.4 Å². The zero-order valence-corrected chi connectivity index (χ0v) is 16.2. The van der Waals surface area contributed by atoms with Gasteiger partial charge >= 0.3 is 0 Å². The third-order valence-corrected chi connectivity index (χ3v) is 4.08. The monoisotopic (exact) mass is 370 g/mol. The molecule has 1 aromatic rings. The minimum Gasteiger partial charge on any atom is -0.361 e. The lowest BCUT2D eigenvalue weighted by molar-refractivity contribution is 0.486. The Labute approximate surface area is 154 Å². The molecule has 0 aliphatic carbocycles. The molecule has 0 bridgehead atoms. The number of thiocarbonyl (C=S) groups is 2. The average Bonchev–Trinajstić information content (AvgIpc) is 2.54. The van der Waals surface area contributed by atoms with Crippen LogP contribution in [0.3, 0.4) is 0 Å². The summed E-state index contributed by atoms with van der Waals surface area (Å²) in [4.78, 5) is 0. The molecule has 4 nitrogen and oxygen atoms in total. The first-order chi connectivity index (χ1) is 11.4. The highest BCUT2D eigenvalue weighted by molar-refractivity contribution is 7.80. The van der Waals surface area contributed by atoms with Gasteiger partial charge in [-0.25, -0.2) is 4.39 Å². The summed E-state index contributed by atoms with van der Waals surface area (Å²) in [5.41, 5.74) is 6.79. The van der Waals surface area contributed by atoms with Crippen LogP contribution in [-0.4, -0.2) is 16.8 Å². The quantitative estimate of drug-likeness (QED) is 0.330. The number of hydrazine groups is 1. The third kappa shape index (κ3) is 8.40. The first-order valence-corrected chi connectivity index (χ1v) is 9.11. The SMILES string of the molecule is CCCCC[C@H](C)CNC(=S)NNC(=S)Nc1ccc(C)c(F)c1. The number of nitrogens with one attached hydrogen (secondary N) is 4. The highest BCUT2D eigenvalue weighted by atomic mass is 32.1. The van der Waals surface area contributed by atoms with E-state index in [4.69, 9.17) is 24.4 Å². The second-order valence-electron chi connectivity index (χ2n) is 5.98. The Balaban J connectivity index is 2.23. The van der Waals surface area contributed by atoms with E-state index < -0.39 is 0 Å². The van der Waals surface area contributed by atoms with E-state index in [1.165, 1.54) is 31.7 Å². The summed E-state index contributed by atoms with van der Waals surface area (Å²) < 4.78 is 13.5. The Morgan fingerprint density at radius 1 is 1.17 bits per heavy atom. The van der Waals surface area contributed by atoms with Crippen LogP contribution >= 0.6 is 24.4 Å². The maximum absolute atomic E-state index is 13.5. The van der Waals surface area contributed by atoms with Gasteiger partial charge in [0.15, 0.2) is 10.2 Å². The predicted octanol–water partition coefficient (Wildman–Crippen LogP) is 4.02. The molecule has 1 rings (SSSR count). The maximum Gasteiger partial charge on any atom is 0.189 e. The molecule has 24 heavy (non-hydrogen) atoms. The van der Waals surface area contributed by atoms with E-state index in [1.807, 2.05) is 0 Å². The van der Waals surface area contributed by atoms with Crippen molar-refractivity contribution >= 4 is 40.3 Å². The number of anilines is 1. The largest absolute Gasteiger partial charge is 0.361 e. The molecule has 0 aliphatic rings. The minimum atomic E-state index is -0.273. The molecule has 7 heteroatoms. The summed E-state index contributed by atoms with van der Waals surface area (Å²) in [6, 6.07) is 4.86. The van der Waals surface area contributed by atoms with Crippen LogP contribution < -0.4 is 21.5 Å². The molecule has 0 spiro atoms. The van der Waals surface area contributed by atoms with Gasteiger partial charge in [0.1, 0.15) is 5.82 Å². The van der Waals surface area contributed by atoms with Crippen LogP contribution in [0.15, 0.2) is 18.2 Å². The summed E-state index contributed by atoms with van der Waals surface area (Å²) in [6.07, 6.45) is 4.95. The lowest BCUT2D eigenvalue weighted by atomic mass is 10.0. The molecule has 0 heterocycles. The molecule has 0 fully saturated rings. The molecule has 1 atom stereocenters. The second kappa shape index (κ2) is 11.1. The van der Waals surface area contributed by atoms with Gasteiger partial charge in [0.25, 0.3) is 0 Å². The Bertz CT molecular complexity index is 551. The van der Waals surface area contributed by atoms with Gasteiger partial charge < -0.3 is 10.6 Å². The van der Waals surface area contributed by atoms with E-state index in [0.717, 1.165) is 6.54 Å². The van der Waals surface area contributed by atoms with Crippen molar-refractivity contribution in [3.8, 4) is 0 Å². The highest BCUT2D eigenvalue weighted by Gasteiger charge is 2.04. The van der Waals surface area contributed by atoms with Crippen molar-refractivity contribution in [1.29, 1.82) is 0 Å². The van der Waals surface area contributed by atoms with Gasteiger partial charge in [0.05, 0.1) is 0 Å². The highest BCUT2D eigenvalue weighted by Crippen LogP contribution is 2.13. The van der Waals surface area contributed by atoms with Crippen molar-refractivity contribution in [2.45, 2.75) is 46.5 Å². The fourth-order valence-electron chi connectivity index (χ4n) is 2.10. The lowest BCUT2D eigenvalue weighted by Crippen LogP contribution is -2.48. The number of halogens is 1. The Morgan fingerprint density at radius 2 is 1.88 bits per heavy atom. The van der Waals surface area contributed by atoms with E-state index in [9.17, 15) is 4.39 Å². The van der Waals surface area contributed by atoms with E-state index in [1.54, 1.807) is 19.1 Å². The van der Waals surface area contributed by atoms with Gasteiger partial charge in [-0.1, -0.05) is 39.2 Å². The van der Waals surface area contributed by atoms with Gasteiger partial charge in [0.2, 0.25) is 0 Å². The fourth-order valence-corrected chi connectivity index (χ4v) is 2.41.